The number of aromatic nitrogens is 1. The van der Waals surface area contributed by atoms with Crippen molar-refractivity contribution in [1.29, 1.82) is 0 Å². The molecular formula is C18H12F3N3O. The summed E-state index contributed by atoms with van der Waals surface area (Å²) in [7, 11) is 0. The Morgan fingerprint density at radius 3 is 2.40 bits per heavy atom. The maximum absolute atomic E-state index is 13.7. The molecule has 1 aromatic heterocycles. The fourth-order valence-electron chi connectivity index (χ4n) is 2.13. The molecule has 2 N–H and O–H groups in total. The number of para-hydroxylation sites is 1. The fraction of sp³-hybridized carbons (Fsp3) is 0. The van der Waals surface area contributed by atoms with E-state index in [1.807, 2.05) is 6.07 Å². The molecule has 0 atom stereocenters. The first-order valence-electron chi connectivity index (χ1n) is 7.27. The number of carbonyl (C=O) groups is 1. The molecule has 2 aromatic carbocycles. The standard InChI is InChI=1S/C18H12F3N3O/c19-13-6-7-14(17(21)16(13)20)23-12-8-9-22-15(10-12)18(25)24-11-4-2-1-3-5-11/h1-10H,(H,22,23)(H,24,25). The van der Waals surface area contributed by atoms with Crippen molar-refractivity contribution >= 4 is 23.0 Å². The van der Waals surface area contributed by atoms with E-state index in [1.54, 1.807) is 24.3 Å². The number of amides is 1. The Morgan fingerprint density at radius 2 is 1.64 bits per heavy atom. The van der Waals surface area contributed by atoms with Crippen LogP contribution in [0.2, 0.25) is 0 Å². The van der Waals surface area contributed by atoms with Crippen molar-refractivity contribution in [3.05, 3.63) is 83.9 Å². The van der Waals surface area contributed by atoms with Crippen molar-refractivity contribution in [1.82, 2.24) is 4.98 Å². The van der Waals surface area contributed by atoms with Crippen LogP contribution in [0.4, 0.5) is 30.2 Å². The van der Waals surface area contributed by atoms with Crippen LogP contribution in [0.1, 0.15) is 10.5 Å². The van der Waals surface area contributed by atoms with Crippen molar-refractivity contribution in [2.45, 2.75) is 0 Å². The summed E-state index contributed by atoms with van der Waals surface area (Å²) in [5.74, 6) is -4.64. The zero-order valence-electron chi connectivity index (χ0n) is 12.8. The molecule has 3 rings (SSSR count). The van der Waals surface area contributed by atoms with E-state index in [0.29, 0.717) is 11.4 Å². The Balaban J connectivity index is 1.80. The van der Waals surface area contributed by atoms with Gasteiger partial charge in [-0.1, -0.05) is 18.2 Å². The van der Waals surface area contributed by atoms with Gasteiger partial charge in [0, 0.05) is 17.6 Å². The second-order valence-corrected chi connectivity index (χ2v) is 5.10. The summed E-state index contributed by atoms with van der Waals surface area (Å²) < 4.78 is 40.0. The Morgan fingerprint density at radius 1 is 0.880 bits per heavy atom. The topological polar surface area (TPSA) is 54.0 Å². The average Bonchev–Trinajstić information content (AvgIpc) is 2.63. The summed E-state index contributed by atoms with van der Waals surface area (Å²) in [5, 5.41) is 5.26. The molecule has 0 bridgehead atoms. The predicted molar refractivity (Wildman–Crippen MR) is 88.2 cm³/mol. The van der Waals surface area contributed by atoms with Gasteiger partial charge in [-0.3, -0.25) is 9.78 Å². The number of anilines is 3. The first-order valence-corrected chi connectivity index (χ1v) is 7.27. The smallest absolute Gasteiger partial charge is 0.274 e. The number of nitrogens with zero attached hydrogens (tertiary/aromatic N) is 1. The summed E-state index contributed by atoms with van der Waals surface area (Å²) in [5.41, 5.74) is 0.730. The van der Waals surface area contributed by atoms with E-state index < -0.39 is 23.4 Å². The third-order valence-electron chi connectivity index (χ3n) is 3.34. The molecule has 0 saturated carbocycles. The zero-order chi connectivity index (χ0) is 17.8. The first kappa shape index (κ1) is 16.5. The molecular weight excluding hydrogens is 331 g/mol. The minimum absolute atomic E-state index is 0.0804. The summed E-state index contributed by atoms with van der Waals surface area (Å²) >= 11 is 0. The summed E-state index contributed by atoms with van der Waals surface area (Å²) in [6.07, 6.45) is 1.35. The van der Waals surface area contributed by atoms with Crippen molar-refractivity contribution in [2.75, 3.05) is 10.6 Å². The third kappa shape index (κ3) is 3.77. The third-order valence-corrected chi connectivity index (χ3v) is 3.34. The van der Waals surface area contributed by atoms with E-state index in [9.17, 15) is 18.0 Å². The van der Waals surface area contributed by atoms with Crippen LogP contribution in [0.25, 0.3) is 0 Å². The number of carbonyl (C=O) groups excluding carboxylic acids is 1. The number of rotatable bonds is 4. The lowest BCUT2D eigenvalue weighted by molar-refractivity contribution is 0.102. The maximum atomic E-state index is 13.7. The molecule has 4 nitrogen and oxygen atoms in total. The van der Waals surface area contributed by atoms with Gasteiger partial charge in [-0.15, -0.1) is 0 Å². The average molecular weight is 343 g/mol. The number of halogens is 3. The van der Waals surface area contributed by atoms with E-state index in [0.717, 1.165) is 12.1 Å². The van der Waals surface area contributed by atoms with Crippen LogP contribution in [-0.2, 0) is 0 Å². The number of hydrogen-bond acceptors (Lipinski definition) is 3. The van der Waals surface area contributed by atoms with Crippen LogP contribution in [0.3, 0.4) is 0 Å². The van der Waals surface area contributed by atoms with Crippen molar-refractivity contribution < 1.29 is 18.0 Å². The molecule has 1 heterocycles. The molecule has 7 heteroatoms. The highest BCUT2D eigenvalue weighted by Gasteiger charge is 2.14. The minimum Gasteiger partial charge on any atom is -0.353 e. The Hall–Kier alpha value is -3.35. The number of pyridine rings is 1. The molecule has 0 radical (unpaired) electrons. The SMILES string of the molecule is O=C(Nc1ccccc1)c1cc(Nc2ccc(F)c(F)c2F)ccn1. The van der Waals surface area contributed by atoms with Crippen LogP contribution in [0.15, 0.2) is 60.8 Å². The Bertz CT molecular complexity index is 917. The van der Waals surface area contributed by atoms with Gasteiger partial charge in [0.25, 0.3) is 5.91 Å². The lowest BCUT2D eigenvalue weighted by Gasteiger charge is -2.10. The van der Waals surface area contributed by atoms with Gasteiger partial charge in [-0.05, 0) is 36.4 Å². The van der Waals surface area contributed by atoms with Gasteiger partial charge in [0.05, 0.1) is 5.69 Å². The highest BCUT2D eigenvalue weighted by Crippen LogP contribution is 2.23. The predicted octanol–water partition coefficient (Wildman–Crippen LogP) is 4.49. The first-order chi connectivity index (χ1) is 12.0. The molecule has 0 fully saturated rings. The van der Waals surface area contributed by atoms with Crippen molar-refractivity contribution in [3.63, 3.8) is 0 Å². The molecule has 25 heavy (non-hydrogen) atoms. The Labute approximate surface area is 141 Å². The van der Waals surface area contributed by atoms with E-state index in [4.69, 9.17) is 0 Å². The van der Waals surface area contributed by atoms with Gasteiger partial charge in [0.15, 0.2) is 17.5 Å². The molecule has 126 valence electrons. The van der Waals surface area contributed by atoms with E-state index in [-0.39, 0.29) is 11.4 Å². The van der Waals surface area contributed by atoms with Gasteiger partial charge in [0.1, 0.15) is 5.69 Å². The van der Waals surface area contributed by atoms with Crippen molar-refractivity contribution in [2.24, 2.45) is 0 Å². The molecule has 3 aromatic rings. The van der Waals surface area contributed by atoms with E-state index in [2.05, 4.69) is 15.6 Å². The lowest BCUT2D eigenvalue weighted by Crippen LogP contribution is -2.13. The molecule has 0 saturated heterocycles. The number of hydrogen-bond donors (Lipinski definition) is 2. The van der Waals surface area contributed by atoms with Crippen LogP contribution in [0.5, 0.6) is 0 Å². The molecule has 1 amide bonds. The van der Waals surface area contributed by atoms with Gasteiger partial charge < -0.3 is 10.6 Å². The van der Waals surface area contributed by atoms with Gasteiger partial charge in [0.2, 0.25) is 0 Å². The Kier molecular flexibility index (Phi) is 4.65. The fourth-order valence-corrected chi connectivity index (χ4v) is 2.13. The summed E-state index contributed by atoms with van der Waals surface area (Å²) in [6.45, 7) is 0. The highest BCUT2D eigenvalue weighted by atomic mass is 19.2. The normalized spacial score (nSPS) is 10.4. The minimum atomic E-state index is -1.57. The zero-order valence-corrected chi connectivity index (χ0v) is 12.8. The van der Waals surface area contributed by atoms with Crippen molar-refractivity contribution in [3.8, 4) is 0 Å². The second kappa shape index (κ2) is 7.04. The van der Waals surface area contributed by atoms with Crippen LogP contribution >= 0.6 is 0 Å². The molecule has 0 unspecified atom stereocenters. The monoisotopic (exact) mass is 343 g/mol. The lowest BCUT2D eigenvalue weighted by atomic mass is 10.2. The molecule has 0 aliphatic heterocycles. The van der Waals surface area contributed by atoms with Gasteiger partial charge in [-0.2, -0.15) is 0 Å². The van der Waals surface area contributed by atoms with Gasteiger partial charge in [-0.25, -0.2) is 13.2 Å². The maximum Gasteiger partial charge on any atom is 0.274 e. The quantitative estimate of drug-likeness (QED) is 0.686. The summed E-state index contributed by atoms with van der Waals surface area (Å²) in [6, 6.07) is 13.5. The van der Waals surface area contributed by atoms with E-state index >= 15 is 0 Å². The van der Waals surface area contributed by atoms with Gasteiger partial charge >= 0.3 is 0 Å². The highest BCUT2D eigenvalue weighted by molar-refractivity contribution is 6.03. The molecule has 0 spiro atoms. The largest absolute Gasteiger partial charge is 0.353 e. The van der Waals surface area contributed by atoms with E-state index in [1.165, 1.54) is 18.3 Å². The summed E-state index contributed by atoms with van der Waals surface area (Å²) in [4.78, 5) is 16.2. The van der Waals surface area contributed by atoms with Crippen LogP contribution in [-0.4, -0.2) is 10.9 Å². The molecule has 0 aliphatic rings. The van der Waals surface area contributed by atoms with Crippen LogP contribution in [0, 0.1) is 17.5 Å². The number of nitrogens with one attached hydrogen (secondary N) is 2. The number of benzene rings is 2. The molecule has 0 aliphatic carbocycles. The second-order valence-electron chi connectivity index (χ2n) is 5.10. The van der Waals surface area contributed by atoms with Crippen LogP contribution < -0.4 is 10.6 Å².